The van der Waals surface area contributed by atoms with E-state index in [0.717, 1.165) is 32.1 Å². The first-order chi connectivity index (χ1) is 15.7. The molecule has 0 radical (unpaired) electrons. The third kappa shape index (κ3) is 2.51. The Hall–Kier alpha value is -0.870. The normalized spacial score (nSPS) is 59.4. The molecular formula is C30H46O4. The van der Waals surface area contributed by atoms with Crippen molar-refractivity contribution < 1.29 is 19.7 Å². The summed E-state index contributed by atoms with van der Waals surface area (Å²) in [5.41, 5.74) is 1.45. The van der Waals surface area contributed by atoms with E-state index >= 15 is 0 Å². The summed E-state index contributed by atoms with van der Waals surface area (Å²) < 4.78 is 6.28. The number of aliphatic hydroxyl groups is 1. The summed E-state index contributed by atoms with van der Waals surface area (Å²) in [6.45, 7) is 16.6. The van der Waals surface area contributed by atoms with E-state index in [-0.39, 0.29) is 45.4 Å². The molecule has 1 aliphatic heterocycles. The van der Waals surface area contributed by atoms with Crippen LogP contribution in [0.5, 0.6) is 0 Å². The molecule has 4 heteroatoms. The molecule has 1 heterocycles. The van der Waals surface area contributed by atoms with E-state index in [1.807, 2.05) is 6.92 Å². The average molecular weight is 471 g/mol. The van der Waals surface area contributed by atoms with Crippen LogP contribution in [0.25, 0.3) is 0 Å². The van der Waals surface area contributed by atoms with E-state index in [9.17, 15) is 15.0 Å². The molecule has 5 aliphatic carbocycles. The summed E-state index contributed by atoms with van der Waals surface area (Å²) in [4.78, 5) is 12.3. The summed E-state index contributed by atoms with van der Waals surface area (Å²) in [5.74, 6) is 0.761. The summed E-state index contributed by atoms with van der Waals surface area (Å²) in [6.07, 6.45) is 10.9. The lowest BCUT2D eigenvalue weighted by Gasteiger charge is -2.70. The van der Waals surface area contributed by atoms with Gasteiger partial charge in [0.15, 0.2) is 0 Å². The number of hydrogen-bond acceptors (Lipinski definition) is 3. The van der Waals surface area contributed by atoms with Crippen molar-refractivity contribution in [2.45, 2.75) is 118 Å². The van der Waals surface area contributed by atoms with Crippen molar-refractivity contribution in [1.82, 2.24) is 0 Å². The zero-order chi connectivity index (χ0) is 24.7. The molecule has 0 aromatic heterocycles. The quantitative estimate of drug-likeness (QED) is 0.352. The number of rotatable bonds is 1. The number of carboxylic acid groups (broad SMARTS) is 1. The summed E-state index contributed by atoms with van der Waals surface area (Å²) in [7, 11) is 0. The third-order valence-electron chi connectivity index (χ3n) is 13.6. The predicted octanol–water partition coefficient (Wildman–Crippen LogP) is 6.22. The summed E-state index contributed by atoms with van der Waals surface area (Å²) in [5, 5.41) is 21.1. The lowest BCUT2D eigenvalue weighted by Crippen LogP contribution is -2.66. The molecule has 4 saturated carbocycles. The zero-order valence-corrected chi connectivity index (χ0v) is 22.4. The van der Waals surface area contributed by atoms with Crippen molar-refractivity contribution in [1.29, 1.82) is 0 Å². The van der Waals surface area contributed by atoms with E-state index in [1.165, 1.54) is 19.3 Å². The molecule has 3 unspecified atom stereocenters. The Labute approximate surface area is 205 Å². The van der Waals surface area contributed by atoms with Crippen LogP contribution in [0.15, 0.2) is 11.6 Å². The largest absolute Gasteiger partial charge is 0.481 e. The van der Waals surface area contributed by atoms with Crippen LogP contribution < -0.4 is 0 Å². The van der Waals surface area contributed by atoms with Gasteiger partial charge in [-0.15, -0.1) is 0 Å². The van der Waals surface area contributed by atoms with Gasteiger partial charge in [-0.05, 0) is 97.7 Å². The molecule has 34 heavy (non-hydrogen) atoms. The van der Waals surface area contributed by atoms with E-state index in [4.69, 9.17) is 4.74 Å². The maximum absolute atomic E-state index is 12.3. The summed E-state index contributed by atoms with van der Waals surface area (Å²) >= 11 is 0. The molecule has 2 N–H and O–H groups in total. The molecule has 0 bridgehead atoms. The fraction of sp³-hybridized carbons (Fsp3) is 0.900. The number of allylic oxidation sites excluding steroid dienone is 2. The number of hydrogen-bond donors (Lipinski definition) is 2. The van der Waals surface area contributed by atoms with Gasteiger partial charge in [-0.2, -0.15) is 0 Å². The molecule has 0 spiro atoms. The fourth-order valence-electron chi connectivity index (χ4n) is 10.9. The van der Waals surface area contributed by atoms with Gasteiger partial charge in [-0.3, -0.25) is 4.79 Å². The highest BCUT2D eigenvalue weighted by Gasteiger charge is 2.75. The Kier molecular flexibility index (Phi) is 4.51. The van der Waals surface area contributed by atoms with Crippen molar-refractivity contribution in [2.24, 2.45) is 50.2 Å². The highest BCUT2D eigenvalue weighted by molar-refractivity contribution is 5.74. The van der Waals surface area contributed by atoms with Gasteiger partial charge in [-0.25, -0.2) is 0 Å². The molecule has 0 aromatic carbocycles. The number of aliphatic hydroxyl groups excluding tert-OH is 1. The molecule has 0 aromatic rings. The van der Waals surface area contributed by atoms with Crippen molar-refractivity contribution in [3.8, 4) is 0 Å². The van der Waals surface area contributed by atoms with Gasteiger partial charge >= 0.3 is 5.97 Å². The van der Waals surface area contributed by atoms with Crippen LogP contribution in [0, 0.1) is 50.2 Å². The maximum atomic E-state index is 12.3. The van der Waals surface area contributed by atoms with Gasteiger partial charge in [-0.1, -0.05) is 53.2 Å². The number of aliphatic carboxylic acids is 1. The second-order valence-corrected chi connectivity index (χ2v) is 15.2. The minimum atomic E-state index is -0.615. The molecule has 4 nitrogen and oxygen atoms in total. The Bertz CT molecular complexity index is 969. The van der Waals surface area contributed by atoms with Crippen LogP contribution >= 0.6 is 0 Å². The van der Waals surface area contributed by atoms with Crippen molar-refractivity contribution in [3.05, 3.63) is 11.6 Å². The molecule has 0 amide bonds. The van der Waals surface area contributed by atoms with Crippen molar-refractivity contribution in [3.63, 3.8) is 0 Å². The van der Waals surface area contributed by atoms with E-state index in [1.54, 1.807) is 5.57 Å². The smallest absolute Gasteiger partial charge is 0.309 e. The first kappa shape index (κ1) is 23.5. The van der Waals surface area contributed by atoms with E-state index < -0.39 is 11.4 Å². The highest BCUT2D eigenvalue weighted by atomic mass is 16.6. The van der Waals surface area contributed by atoms with Gasteiger partial charge in [0.05, 0.1) is 17.6 Å². The fourth-order valence-corrected chi connectivity index (χ4v) is 10.9. The lowest BCUT2D eigenvalue weighted by molar-refractivity contribution is -0.193. The number of fused-ring (bicyclic) bond motifs is 9. The number of carbonyl (C=O) groups is 1. The molecule has 1 saturated heterocycles. The number of carboxylic acids is 1. The molecule has 6 rings (SSSR count). The molecule has 5 fully saturated rings. The zero-order valence-electron chi connectivity index (χ0n) is 22.4. The van der Waals surface area contributed by atoms with E-state index in [2.05, 4.69) is 47.6 Å². The van der Waals surface area contributed by atoms with Crippen LogP contribution in [0.1, 0.15) is 99.8 Å². The van der Waals surface area contributed by atoms with Crippen LogP contribution in [-0.4, -0.2) is 34.5 Å². The second-order valence-electron chi connectivity index (χ2n) is 15.2. The molecule has 11 atom stereocenters. The Balaban J connectivity index is 1.43. The molecule has 6 aliphatic rings. The molecular weight excluding hydrogens is 424 g/mol. The topological polar surface area (TPSA) is 70.1 Å². The minimum Gasteiger partial charge on any atom is -0.481 e. The maximum Gasteiger partial charge on any atom is 0.309 e. The average Bonchev–Trinajstić information content (AvgIpc) is 3.56. The Morgan fingerprint density at radius 1 is 0.971 bits per heavy atom. The van der Waals surface area contributed by atoms with Gasteiger partial charge < -0.3 is 14.9 Å². The Morgan fingerprint density at radius 2 is 1.65 bits per heavy atom. The first-order valence-electron chi connectivity index (χ1n) is 13.9. The standard InChI is InChI=1S/C30H46O4/c1-25(2)19-10-11-29(6)20(30(19,7)23-21(34-23)22(25)31)9-8-17-18-16-27(4,24(32)33)13-12-26(18,3)14-15-28(17,29)5/h8,18-23,31H,9-16H2,1-7H3,(H,32,33)/t18?,19?,20?,21-,22+,23-,26+,27-,28+,29+,30-/m0/s1. The van der Waals surface area contributed by atoms with Crippen LogP contribution in [0.4, 0.5) is 0 Å². The number of ether oxygens (including phenoxy) is 1. The minimum absolute atomic E-state index is 0.000971. The molecule has 190 valence electrons. The first-order valence-corrected chi connectivity index (χ1v) is 13.9. The van der Waals surface area contributed by atoms with Crippen molar-refractivity contribution in [2.75, 3.05) is 0 Å². The van der Waals surface area contributed by atoms with Crippen LogP contribution in [0.3, 0.4) is 0 Å². The number of epoxide rings is 1. The highest BCUT2D eigenvalue weighted by Crippen LogP contribution is 2.77. The lowest BCUT2D eigenvalue weighted by atomic mass is 9.33. The van der Waals surface area contributed by atoms with Gasteiger partial charge in [0.25, 0.3) is 0 Å². The summed E-state index contributed by atoms with van der Waals surface area (Å²) in [6, 6.07) is 0. The van der Waals surface area contributed by atoms with E-state index in [0.29, 0.717) is 17.8 Å². The van der Waals surface area contributed by atoms with Gasteiger partial charge in [0.1, 0.15) is 6.10 Å². The van der Waals surface area contributed by atoms with Gasteiger partial charge in [0.2, 0.25) is 0 Å². The van der Waals surface area contributed by atoms with Crippen molar-refractivity contribution >= 4 is 5.97 Å². The van der Waals surface area contributed by atoms with Gasteiger partial charge in [0, 0.05) is 5.41 Å². The van der Waals surface area contributed by atoms with Crippen LogP contribution in [-0.2, 0) is 9.53 Å². The SMILES string of the molecule is CC1(C)C2CC[C@]3(C)C(CC=C4C5C[C@@](C)(C(=O)O)CC[C@]5(C)CC[C@]43C)[C@@]2(C)[C@H]2O[C@H]2[C@H]1O. The predicted molar refractivity (Wildman–Crippen MR) is 132 cm³/mol. The van der Waals surface area contributed by atoms with Crippen LogP contribution in [0.2, 0.25) is 0 Å². The second kappa shape index (κ2) is 6.52. The Morgan fingerprint density at radius 3 is 2.32 bits per heavy atom. The monoisotopic (exact) mass is 470 g/mol. The third-order valence-corrected chi connectivity index (χ3v) is 13.6.